The lowest BCUT2D eigenvalue weighted by molar-refractivity contribution is 0.0535. The largest absolute Gasteiger partial charge is 0.369 e. The van der Waals surface area contributed by atoms with Crippen LogP contribution in [0.25, 0.3) is 0 Å². The number of benzene rings is 2. The Labute approximate surface area is 158 Å². The van der Waals surface area contributed by atoms with Crippen LogP contribution in [0.15, 0.2) is 48.5 Å². The summed E-state index contributed by atoms with van der Waals surface area (Å²) in [6.45, 7) is 5.03. The average molecular weight is 363 g/mol. The standard InChI is InChI=1S/C21H21N3O3/c1-15(25)16-6-8-17(9-7-16)23-12-10-22(11-13-23)14-24-20(26)18-4-2-3-5-19(18)21(24)27/h2-9H,10-14H2,1H3. The summed E-state index contributed by atoms with van der Waals surface area (Å²) < 4.78 is 0. The lowest BCUT2D eigenvalue weighted by Gasteiger charge is -2.37. The fourth-order valence-electron chi connectivity index (χ4n) is 3.62. The number of fused-ring (bicyclic) bond motifs is 1. The monoisotopic (exact) mass is 363 g/mol. The van der Waals surface area contributed by atoms with Gasteiger partial charge in [-0.05, 0) is 43.3 Å². The van der Waals surface area contributed by atoms with Crippen molar-refractivity contribution in [1.29, 1.82) is 0 Å². The molecular weight excluding hydrogens is 342 g/mol. The summed E-state index contributed by atoms with van der Waals surface area (Å²) in [7, 11) is 0. The molecule has 0 bridgehead atoms. The maximum absolute atomic E-state index is 12.5. The van der Waals surface area contributed by atoms with Crippen LogP contribution in [0.5, 0.6) is 0 Å². The molecule has 0 atom stereocenters. The second kappa shape index (κ2) is 6.96. The van der Waals surface area contributed by atoms with Crippen LogP contribution < -0.4 is 4.90 Å². The third-order valence-electron chi connectivity index (χ3n) is 5.23. The third kappa shape index (κ3) is 3.24. The first-order chi connectivity index (χ1) is 13.0. The van der Waals surface area contributed by atoms with Gasteiger partial charge in [-0.1, -0.05) is 12.1 Å². The Balaban J connectivity index is 1.37. The molecule has 0 spiro atoms. The van der Waals surface area contributed by atoms with Crippen LogP contribution in [0.3, 0.4) is 0 Å². The van der Waals surface area contributed by atoms with E-state index in [2.05, 4.69) is 9.80 Å². The van der Waals surface area contributed by atoms with Crippen LogP contribution in [-0.2, 0) is 0 Å². The minimum absolute atomic E-state index is 0.0623. The maximum Gasteiger partial charge on any atom is 0.262 e. The summed E-state index contributed by atoms with van der Waals surface area (Å²) >= 11 is 0. The number of imide groups is 1. The zero-order valence-corrected chi connectivity index (χ0v) is 15.2. The Kier molecular flexibility index (Phi) is 4.49. The minimum Gasteiger partial charge on any atom is -0.369 e. The van der Waals surface area contributed by atoms with Gasteiger partial charge in [-0.2, -0.15) is 0 Å². The van der Waals surface area contributed by atoms with Gasteiger partial charge in [0.05, 0.1) is 17.8 Å². The summed E-state index contributed by atoms with van der Waals surface area (Å²) in [4.78, 5) is 42.1. The Hall–Kier alpha value is -2.99. The molecule has 0 aliphatic carbocycles. The first kappa shape index (κ1) is 17.4. The number of anilines is 1. The second-order valence-corrected chi connectivity index (χ2v) is 6.93. The number of nitrogens with zero attached hydrogens (tertiary/aromatic N) is 3. The number of amides is 2. The van der Waals surface area contributed by atoms with Gasteiger partial charge in [0.2, 0.25) is 0 Å². The van der Waals surface area contributed by atoms with Crippen molar-refractivity contribution in [3.8, 4) is 0 Å². The summed E-state index contributed by atoms with van der Waals surface area (Å²) in [5.41, 5.74) is 2.78. The minimum atomic E-state index is -0.210. The highest BCUT2D eigenvalue weighted by molar-refractivity contribution is 6.21. The van der Waals surface area contributed by atoms with Crippen LogP contribution in [0, 0.1) is 0 Å². The predicted octanol–water partition coefficient (Wildman–Crippen LogP) is 2.26. The summed E-state index contributed by atoms with van der Waals surface area (Å²) in [6, 6.07) is 14.6. The molecule has 27 heavy (non-hydrogen) atoms. The number of rotatable bonds is 4. The van der Waals surface area contributed by atoms with Gasteiger partial charge in [-0.25, -0.2) is 0 Å². The second-order valence-electron chi connectivity index (χ2n) is 6.93. The molecule has 0 unspecified atom stereocenters. The fourth-order valence-corrected chi connectivity index (χ4v) is 3.62. The van der Waals surface area contributed by atoms with E-state index in [4.69, 9.17) is 0 Å². The molecule has 2 aromatic rings. The van der Waals surface area contributed by atoms with E-state index in [-0.39, 0.29) is 17.6 Å². The molecule has 2 aliphatic rings. The van der Waals surface area contributed by atoms with Crippen molar-refractivity contribution in [2.24, 2.45) is 0 Å². The van der Waals surface area contributed by atoms with E-state index in [1.54, 1.807) is 31.2 Å². The van der Waals surface area contributed by atoms with Crippen molar-refractivity contribution in [3.63, 3.8) is 0 Å². The van der Waals surface area contributed by atoms with Crippen LogP contribution in [0.2, 0.25) is 0 Å². The van der Waals surface area contributed by atoms with E-state index in [1.165, 1.54) is 4.90 Å². The highest BCUT2D eigenvalue weighted by Crippen LogP contribution is 2.23. The normalized spacial score (nSPS) is 17.4. The highest BCUT2D eigenvalue weighted by atomic mass is 16.2. The van der Waals surface area contributed by atoms with Crippen molar-refractivity contribution in [2.45, 2.75) is 6.92 Å². The van der Waals surface area contributed by atoms with Gasteiger partial charge >= 0.3 is 0 Å². The summed E-state index contributed by atoms with van der Waals surface area (Å²) in [5.74, 6) is -0.358. The Bertz CT molecular complexity index is 864. The molecule has 4 rings (SSSR count). The summed E-state index contributed by atoms with van der Waals surface area (Å²) in [6.07, 6.45) is 0. The number of carbonyl (C=O) groups is 3. The van der Waals surface area contributed by atoms with E-state index >= 15 is 0 Å². The van der Waals surface area contributed by atoms with Crippen molar-refractivity contribution >= 4 is 23.3 Å². The van der Waals surface area contributed by atoms with Gasteiger partial charge in [0, 0.05) is 37.4 Å². The van der Waals surface area contributed by atoms with Crippen LogP contribution in [-0.4, -0.2) is 60.2 Å². The summed E-state index contributed by atoms with van der Waals surface area (Å²) in [5, 5.41) is 0. The fraction of sp³-hybridized carbons (Fsp3) is 0.286. The number of hydrogen-bond acceptors (Lipinski definition) is 5. The Morgan fingerprint density at radius 1 is 0.852 bits per heavy atom. The molecule has 2 heterocycles. The predicted molar refractivity (Wildman–Crippen MR) is 102 cm³/mol. The zero-order valence-electron chi connectivity index (χ0n) is 15.2. The molecule has 138 valence electrons. The van der Waals surface area contributed by atoms with Crippen LogP contribution in [0.4, 0.5) is 5.69 Å². The van der Waals surface area contributed by atoms with Gasteiger partial charge in [0.1, 0.15) is 0 Å². The first-order valence-corrected chi connectivity index (χ1v) is 9.08. The molecule has 6 heteroatoms. The third-order valence-corrected chi connectivity index (χ3v) is 5.23. The average Bonchev–Trinajstić information content (AvgIpc) is 2.94. The zero-order chi connectivity index (χ0) is 19.0. The SMILES string of the molecule is CC(=O)c1ccc(N2CCN(CN3C(=O)c4ccccc4C3=O)CC2)cc1. The molecule has 0 aromatic heterocycles. The molecule has 1 saturated heterocycles. The van der Waals surface area contributed by atoms with E-state index < -0.39 is 0 Å². The van der Waals surface area contributed by atoms with E-state index in [0.717, 1.165) is 31.9 Å². The van der Waals surface area contributed by atoms with Crippen LogP contribution >= 0.6 is 0 Å². The molecule has 2 amide bonds. The smallest absolute Gasteiger partial charge is 0.262 e. The topological polar surface area (TPSA) is 60.9 Å². The van der Waals surface area contributed by atoms with Crippen molar-refractivity contribution in [3.05, 3.63) is 65.2 Å². The van der Waals surface area contributed by atoms with Crippen molar-refractivity contribution in [1.82, 2.24) is 9.80 Å². The molecule has 2 aliphatic heterocycles. The van der Waals surface area contributed by atoms with E-state index in [0.29, 0.717) is 23.4 Å². The Morgan fingerprint density at radius 3 is 1.93 bits per heavy atom. The van der Waals surface area contributed by atoms with Crippen molar-refractivity contribution < 1.29 is 14.4 Å². The molecule has 2 aromatic carbocycles. The maximum atomic E-state index is 12.5. The van der Waals surface area contributed by atoms with Gasteiger partial charge in [0.25, 0.3) is 11.8 Å². The first-order valence-electron chi connectivity index (χ1n) is 9.08. The van der Waals surface area contributed by atoms with E-state index in [1.807, 2.05) is 24.3 Å². The molecule has 1 fully saturated rings. The number of hydrogen-bond donors (Lipinski definition) is 0. The lowest BCUT2D eigenvalue weighted by atomic mass is 10.1. The van der Waals surface area contributed by atoms with Gasteiger partial charge in [-0.3, -0.25) is 24.2 Å². The Morgan fingerprint density at radius 2 is 1.41 bits per heavy atom. The lowest BCUT2D eigenvalue weighted by Crippen LogP contribution is -2.51. The number of Topliss-reactive ketones (excluding diaryl/α,β-unsaturated/α-hetero) is 1. The molecule has 0 N–H and O–H groups in total. The quantitative estimate of drug-likeness (QED) is 0.616. The molecule has 0 saturated carbocycles. The van der Waals surface area contributed by atoms with Gasteiger partial charge < -0.3 is 4.90 Å². The highest BCUT2D eigenvalue weighted by Gasteiger charge is 2.36. The van der Waals surface area contributed by atoms with E-state index in [9.17, 15) is 14.4 Å². The van der Waals surface area contributed by atoms with Crippen molar-refractivity contribution in [2.75, 3.05) is 37.7 Å². The molecule has 0 radical (unpaired) electrons. The van der Waals surface area contributed by atoms with Gasteiger partial charge in [0.15, 0.2) is 5.78 Å². The molecular formula is C21H21N3O3. The number of carbonyl (C=O) groups excluding carboxylic acids is 3. The number of ketones is 1. The molecule has 6 nitrogen and oxygen atoms in total. The number of piperazine rings is 1. The van der Waals surface area contributed by atoms with Crippen LogP contribution in [0.1, 0.15) is 38.0 Å². The van der Waals surface area contributed by atoms with Gasteiger partial charge in [-0.15, -0.1) is 0 Å².